The van der Waals surface area contributed by atoms with Crippen LogP contribution in [-0.2, 0) is 4.79 Å². The number of carbonyl (C=O) groups excluding carboxylic acids is 2. The summed E-state index contributed by atoms with van der Waals surface area (Å²) >= 11 is 1.36. The van der Waals surface area contributed by atoms with Crippen LogP contribution in [0.5, 0.6) is 0 Å². The summed E-state index contributed by atoms with van der Waals surface area (Å²) in [4.78, 5) is 36.4. The number of carboxylic acid groups (broad SMARTS) is 1. The summed E-state index contributed by atoms with van der Waals surface area (Å²) in [6, 6.07) is 3.24. The summed E-state index contributed by atoms with van der Waals surface area (Å²) in [6.45, 7) is 1.33. The van der Waals surface area contributed by atoms with Gasteiger partial charge in [0.25, 0.3) is 5.91 Å². The molecule has 3 amide bonds. The summed E-state index contributed by atoms with van der Waals surface area (Å²) in [5.74, 6) is -1.51. The summed E-state index contributed by atoms with van der Waals surface area (Å²) < 4.78 is 0. The predicted molar refractivity (Wildman–Crippen MR) is 77.4 cm³/mol. The van der Waals surface area contributed by atoms with Crippen molar-refractivity contribution >= 4 is 29.2 Å². The van der Waals surface area contributed by atoms with Crippen molar-refractivity contribution in [2.45, 2.75) is 6.42 Å². The Bertz CT molecular complexity index is 517. The number of hydrogen-bond acceptors (Lipinski definition) is 4. The van der Waals surface area contributed by atoms with Crippen LogP contribution in [0.25, 0.3) is 0 Å². The molecule has 1 aliphatic heterocycles. The molecule has 1 unspecified atom stereocenters. The van der Waals surface area contributed by atoms with Gasteiger partial charge in [-0.05, 0) is 17.9 Å². The van der Waals surface area contributed by atoms with Crippen LogP contribution in [0.4, 0.5) is 4.79 Å². The molecule has 1 aliphatic rings. The lowest BCUT2D eigenvalue weighted by Crippen LogP contribution is -2.42. The van der Waals surface area contributed by atoms with E-state index in [9.17, 15) is 14.4 Å². The second-order valence-corrected chi connectivity index (χ2v) is 5.68. The molecule has 3 N–H and O–H groups in total. The van der Waals surface area contributed by atoms with Crippen molar-refractivity contribution in [1.82, 2.24) is 15.5 Å². The van der Waals surface area contributed by atoms with Crippen LogP contribution in [0.3, 0.4) is 0 Å². The maximum Gasteiger partial charge on any atom is 0.317 e. The molecule has 1 fully saturated rings. The van der Waals surface area contributed by atoms with Gasteiger partial charge in [0.15, 0.2) is 0 Å². The monoisotopic (exact) mass is 311 g/mol. The second-order valence-electron chi connectivity index (χ2n) is 4.73. The van der Waals surface area contributed by atoms with E-state index in [1.54, 1.807) is 12.1 Å². The van der Waals surface area contributed by atoms with Gasteiger partial charge in [-0.25, -0.2) is 4.79 Å². The van der Waals surface area contributed by atoms with Crippen molar-refractivity contribution in [3.8, 4) is 0 Å². The van der Waals surface area contributed by atoms with Gasteiger partial charge in [0.1, 0.15) is 0 Å². The number of thiophene rings is 1. The van der Waals surface area contributed by atoms with Crippen molar-refractivity contribution in [1.29, 1.82) is 0 Å². The molecule has 0 aliphatic carbocycles. The van der Waals surface area contributed by atoms with E-state index in [0.717, 1.165) is 0 Å². The number of nitrogens with one attached hydrogen (secondary N) is 2. The van der Waals surface area contributed by atoms with Gasteiger partial charge in [-0.1, -0.05) is 6.07 Å². The number of nitrogens with zero attached hydrogens (tertiary/aromatic N) is 1. The fourth-order valence-electron chi connectivity index (χ4n) is 2.10. The number of likely N-dealkylation sites (tertiary alicyclic amines) is 1. The largest absolute Gasteiger partial charge is 0.481 e. The topological polar surface area (TPSA) is 98.7 Å². The van der Waals surface area contributed by atoms with Crippen LogP contribution in [0, 0.1) is 5.92 Å². The van der Waals surface area contributed by atoms with E-state index in [1.165, 1.54) is 16.2 Å². The Hall–Kier alpha value is -2.09. The van der Waals surface area contributed by atoms with Crippen molar-refractivity contribution in [3.05, 3.63) is 22.4 Å². The molecule has 0 bridgehead atoms. The van der Waals surface area contributed by atoms with Gasteiger partial charge in [-0.3, -0.25) is 9.59 Å². The highest BCUT2D eigenvalue weighted by atomic mass is 32.1. The molecule has 114 valence electrons. The second kappa shape index (κ2) is 7.07. The molecular weight excluding hydrogens is 294 g/mol. The molecular formula is C13H17N3O4S. The average Bonchev–Trinajstić information content (AvgIpc) is 3.13. The Morgan fingerprint density at radius 1 is 1.33 bits per heavy atom. The molecule has 1 saturated heterocycles. The Balaban J connectivity index is 1.64. The molecule has 0 radical (unpaired) electrons. The average molecular weight is 311 g/mol. The summed E-state index contributed by atoms with van der Waals surface area (Å²) in [5, 5.41) is 16.1. The number of aliphatic carboxylic acids is 1. The van der Waals surface area contributed by atoms with Crippen molar-refractivity contribution in [3.63, 3.8) is 0 Å². The van der Waals surface area contributed by atoms with Crippen LogP contribution in [-0.4, -0.2) is 54.1 Å². The fourth-order valence-corrected chi connectivity index (χ4v) is 2.74. The highest BCUT2D eigenvalue weighted by Gasteiger charge is 2.30. The van der Waals surface area contributed by atoms with Crippen LogP contribution in [0.2, 0.25) is 0 Å². The van der Waals surface area contributed by atoms with E-state index < -0.39 is 11.9 Å². The molecule has 0 aromatic carbocycles. The van der Waals surface area contributed by atoms with Gasteiger partial charge in [-0.2, -0.15) is 0 Å². The third kappa shape index (κ3) is 4.19. The highest BCUT2D eigenvalue weighted by Crippen LogP contribution is 2.15. The normalized spacial score (nSPS) is 17.5. The zero-order chi connectivity index (χ0) is 15.2. The third-order valence-electron chi connectivity index (χ3n) is 3.26. The number of hydrogen-bond donors (Lipinski definition) is 3. The van der Waals surface area contributed by atoms with Crippen molar-refractivity contribution in [2.75, 3.05) is 26.2 Å². The molecule has 8 heteroatoms. The Morgan fingerprint density at radius 3 is 2.71 bits per heavy atom. The standard InChI is InChI=1S/C13H17N3O4S/c17-11(10-2-1-7-21-10)14-4-5-15-13(20)16-6-3-9(8-16)12(18)19/h1-2,7,9H,3-6,8H2,(H,14,17)(H,15,20)(H,18,19). The van der Waals surface area contributed by atoms with Crippen LogP contribution in [0.1, 0.15) is 16.1 Å². The molecule has 0 spiro atoms. The van der Waals surface area contributed by atoms with Gasteiger partial charge in [0.05, 0.1) is 10.8 Å². The first kappa shape index (κ1) is 15.3. The van der Waals surface area contributed by atoms with Gasteiger partial charge in [0.2, 0.25) is 0 Å². The first-order valence-corrected chi connectivity index (χ1v) is 7.53. The smallest absolute Gasteiger partial charge is 0.317 e. The molecule has 21 heavy (non-hydrogen) atoms. The molecule has 2 heterocycles. The summed E-state index contributed by atoms with van der Waals surface area (Å²) in [5.41, 5.74) is 0. The lowest BCUT2D eigenvalue weighted by Gasteiger charge is -2.16. The van der Waals surface area contributed by atoms with E-state index >= 15 is 0 Å². The third-order valence-corrected chi connectivity index (χ3v) is 4.13. The first-order valence-electron chi connectivity index (χ1n) is 6.65. The number of carbonyl (C=O) groups is 3. The van der Waals surface area contributed by atoms with Crippen molar-refractivity contribution in [2.24, 2.45) is 5.92 Å². The van der Waals surface area contributed by atoms with Gasteiger partial charge in [0, 0.05) is 26.2 Å². The molecule has 7 nitrogen and oxygen atoms in total. The van der Waals surface area contributed by atoms with E-state index in [1.807, 2.05) is 5.38 Å². The SMILES string of the molecule is O=C(NCCNC(=O)N1CCC(C(=O)O)C1)c1cccs1. The number of urea groups is 1. The fraction of sp³-hybridized carbons (Fsp3) is 0.462. The minimum Gasteiger partial charge on any atom is -0.481 e. The Morgan fingerprint density at radius 2 is 2.10 bits per heavy atom. The highest BCUT2D eigenvalue weighted by molar-refractivity contribution is 7.12. The van der Waals surface area contributed by atoms with Crippen molar-refractivity contribution < 1.29 is 19.5 Å². The Kier molecular flexibility index (Phi) is 5.15. The lowest BCUT2D eigenvalue weighted by atomic mass is 10.1. The molecule has 0 saturated carbocycles. The Labute approximate surface area is 125 Å². The van der Waals surface area contributed by atoms with E-state index in [0.29, 0.717) is 30.9 Å². The van der Waals surface area contributed by atoms with Gasteiger partial charge >= 0.3 is 12.0 Å². The van der Waals surface area contributed by atoms with Gasteiger partial charge < -0.3 is 20.6 Å². The first-order chi connectivity index (χ1) is 10.1. The van der Waals surface area contributed by atoms with Gasteiger partial charge in [-0.15, -0.1) is 11.3 Å². The number of amides is 3. The molecule has 1 aromatic rings. The zero-order valence-electron chi connectivity index (χ0n) is 11.4. The maximum atomic E-state index is 11.8. The predicted octanol–water partition coefficient (Wildman–Crippen LogP) is 0.594. The van der Waals surface area contributed by atoms with Crippen LogP contribution >= 0.6 is 11.3 Å². The molecule has 1 atom stereocenters. The van der Waals surface area contributed by atoms with Crippen LogP contribution < -0.4 is 10.6 Å². The quantitative estimate of drug-likeness (QED) is 0.693. The van der Waals surface area contributed by atoms with Crippen LogP contribution in [0.15, 0.2) is 17.5 Å². The minimum absolute atomic E-state index is 0.161. The van der Waals surface area contributed by atoms with E-state index in [-0.39, 0.29) is 18.5 Å². The maximum absolute atomic E-state index is 11.8. The lowest BCUT2D eigenvalue weighted by molar-refractivity contribution is -0.141. The van der Waals surface area contributed by atoms with E-state index in [2.05, 4.69) is 10.6 Å². The zero-order valence-corrected chi connectivity index (χ0v) is 12.2. The molecule has 2 rings (SSSR count). The summed E-state index contributed by atoms with van der Waals surface area (Å²) in [6.07, 6.45) is 0.484. The number of carboxylic acids is 1. The minimum atomic E-state index is -0.867. The number of rotatable bonds is 5. The summed E-state index contributed by atoms with van der Waals surface area (Å²) in [7, 11) is 0. The van der Waals surface area contributed by atoms with E-state index in [4.69, 9.17) is 5.11 Å². The molecule has 1 aromatic heterocycles.